The molecule has 0 aliphatic rings. The van der Waals surface area contributed by atoms with Crippen LogP contribution in [0.2, 0.25) is 0 Å². The van der Waals surface area contributed by atoms with Crippen LogP contribution in [0.25, 0.3) is 22.6 Å². The SMILES string of the molecule is COc1c(C#N)cccc1-c1cc(-c2cn(Cc3cccc(C(C)(C)O)n3)nn2)nc(N)n1. The number of rotatable bonds is 6. The molecule has 0 fully saturated rings. The van der Waals surface area contributed by atoms with Crippen LogP contribution in [0.4, 0.5) is 5.95 Å². The summed E-state index contributed by atoms with van der Waals surface area (Å²) in [5.74, 6) is 0.464. The van der Waals surface area contributed by atoms with Crippen molar-refractivity contribution < 1.29 is 9.84 Å². The highest BCUT2D eigenvalue weighted by atomic mass is 16.5. The van der Waals surface area contributed by atoms with Crippen LogP contribution in [-0.2, 0) is 12.1 Å². The summed E-state index contributed by atoms with van der Waals surface area (Å²) in [6, 6.07) is 14.5. The Morgan fingerprint density at radius 2 is 1.85 bits per heavy atom. The number of para-hydroxylation sites is 1. The van der Waals surface area contributed by atoms with Crippen molar-refractivity contribution in [3.8, 4) is 34.5 Å². The van der Waals surface area contributed by atoms with E-state index >= 15 is 0 Å². The molecule has 166 valence electrons. The van der Waals surface area contributed by atoms with Crippen molar-refractivity contribution in [3.63, 3.8) is 0 Å². The van der Waals surface area contributed by atoms with Gasteiger partial charge in [0.2, 0.25) is 5.95 Å². The van der Waals surface area contributed by atoms with Gasteiger partial charge in [-0.15, -0.1) is 5.10 Å². The van der Waals surface area contributed by atoms with E-state index in [1.807, 2.05) is 12.1 Å². The van der Waals surface area contributed by atoms with Crippen LogP contribution in [0.3, 0.4) is 0 Å². The van der Waals surface area contributed by atoms with Gasteiger partial charge in [0, 0.05) is 5.56 Å². The topological polar surface area (TPSA) is 149 Å². The first-order valence-corrected chi connectivity index (χ1v) is 10.1. The number of aromatic nitrogens is 6. The van der Waals surface area contributed by atoms with E-state index in [-0.39, 0.29) is 5.95 Å². The molecule has 0 saturated carbocycles. The zero-order chi connectivity index (χ0) is 23.6. The summed E-state index contributed by atoms with van der Waals surface area (Å²) in [7, 11) is 1.50. The minimum Gasteiger partial charge on any atom is -0.495 e. The molecule has 0 radical (unpaired) electrons. The van der Waals surface area contributed by atoms with E-state index in [0.717, 1.165) is 5.69 Å². The van der Waals surface area contributed by atoms with Crippen molar-refractivity contribution in [2.24, 2.45) is 0 Å². The van der Waals surface area contributed by atoms with Crippen LogP contribution in [0.15, 0.2) is 48.7 Å². The Bertz CT molecular complexity index is 1350. The minimum absolute atomic E-state index is 0.0565. The van der Waals surface area contributed by atoms with Crippen molar-refractivity contribution in [2.75, 3.05) is 12.8 Å². The number of nitrogen functional groups attached to an aromatic ring is 1. The largest absolute Gasteiger partial charge is 0.495 e. The lowest BCUT2D eigenvalue weighted by Gasteiger charge is -2.17. The highest BCUT2D eigenvalue weighted by Crippen LogP contribution is 2.33. The van der Waals surface area contributed by atoms with Gasteiger partial charge < -0.3 is 15.6 Å². The quantitative estimate of drug-likeness (QED) is 0.459. The number of nitrogens with two attached hydrogens (primary N) is 1. The number of benzene rings is 1. The Balaban J connectivity index is 1.66. The Morgan fingerprint density at radius 3 is 2.58 bits per heavy atom. The molecule has 10 heteroatoms. The molecule has 1 aromatic carbocycles. The number of methoxy groups -OCH3 is 1. The van der Waals surface area contributed by atoms with E-state index in [9.17, 15) is 10.4 Å². The van der Waals surface area contributed by atoms with Gasteiger partial charge >= 0.3 is 0 Å². The van der Waals surface area contributed by atoms with Crippen LogP contribution in [0.5, 0.6) is 5.75 Å². The van der Waals surface area contributed by atoms with Gasteiger partial charge in [-0.3, -0.25) is 4.98 Å². The molecule has 3 heterocycles. The average molecular weight is 442 g/mol. The highest BCUT2D eigenvalue weighted by molar-refractivity contribution is 5.74. The first-order chi connectivity index (χ1) is 15.8. The lowest BCUT2D eigenvalue weighted by atomic mass is 10.0. The van der Waals surface area contributed by atoms with E-state index in [0.29, 0.717) is 46.2 Å². The van der Waals surface area contributed by atoms with Gasteiger partial charge in [-0.25, -0.2) is 14.6 Å². The third kappa shape index (κ3) is 4.63. The second-order valence-corrected chi connectivity index (χ2v) is 7.87. The summed E-state index contributed by atoms with van der Waals surface area (Å²) in [5.41, 5.74) is 8.71. The molecule has 0 amide bonds. The van der Waals surface area contributed by atoms with Crippen molar-refractivity contribution in [3.05, 3.63) is 65.6 Å². The van der Waals surface area contributed by atoms with Crippen LogP contribution < -0.4 is 10.5 Å². The van der Waals surface area contributed by atoms with E-state index in [1.165, 1.54) is 7.11 Å². The maximum Gasteiger partial charge on any atom is 0.221 e. The number of aliphatic hydroxyl groups is 1. The molecule has 33 heavy (non-hydrogen) atoms. The van der Waals surface area contributed by atoms with Crippen LogP contribution in [0.1, 0.15) is 30.8 Å². The molecule has 0 aliphatic heterocycles. The monoisotopic (exact) mass is 442 g/mol. The standard InChI is InChI=1S/C23H22N8O2/c1-23(2,32)20-9-5-7-15(26-20)12-31-13-19(29-30-31)18-10-17(27-22(25)28-18)16-8-4-6-14(11-24)21(16)33-3/h4-10,13,32H,12H2,1-3H3,(H2,25,27,28). The molecular weight excluding hydrogens is 420 g/mol. The maximum atomic E-state index is 10.2. The Hall–Kier alpha value is -4.36. The third-order valence-electron chi connectivity index (χ3n) is 4.92. The molecule has 0 saturated heterocycles. The number of hydrogen-bond donors (Lipinski definition) is 2. The van der Waals surface area contributed by atoms with Gasteiger partial charge in [0.15, 0.2) is 0 Å². The molecule has 0 spiro atoms. The van der Waals surface area contributed by atoms with Crippen LogP contribution in [-0.4, -0.2) is 42.2 Å². The first kappa shape index (κ1) is 21.9. The van der Waals surface area contributed by atoms with Crippen LogP contribution in [0, 0.1) is 11.3 Å². The molecule has 0 aliphatic carbocycles. The summed E-state index contributed by atoms with van der Waals surface area (Å²) in [6.07, 6.45) is 1.73. The number of pyridine rings is 1. The van der Waals surface area contributed by atoms with Gasteiger partial charge in [0.1, 0.15) is 23.1 Å². The lowest BCUT2D eigenvalue weighted by Crippen LogP contribution is -2.18. The second-order valence-electron chi connectivity index (χ2n) is 7.87. The average Bonchev–Trinajstić information content (AvgIpc) is 3.26. The number of anilines is 1. The van der Waals surface area contributed by atoms with E-state index in [4.69, 9.17) is 10.5 Å². The van der Waals surface area contributed by atoms with Crippen molar-refractivity contribution in [2.45, 2.75) is 26.0 Å². The highest BCUT2D eigenvalue weighted by Gasteiger charge is 2.18. The molecule has 3 aromatic heterocycles. The summed E-state index contributed by atoms with van der Waals surface area (Å²) in [4.78, 5) is 13.1. The summed E-state index contributed by atoms with van der Waals surface area (Å²) >= 11 is 0. The van der Waals surface area contributed by atoms with Gasteiger partial charge in [0.25, 0.3) is 0 Å². The summed E-state index contributed by atoms with van der Waals surface area (Å²) in [5, 5.41) is 27.9. The van der Waals surface area contributed by atoms with Crippen molar-refractivity contribution >= 4 is 5.95 Å². The maximum absolute atomic E-state index is 10.2. The predicted molar refractivity (Wildman–Crippen MR) is 121 cm³/mol. The van der Waals surface area contributed by atoms with E-state index < -0.39 is 5.60 Å². The van der Waals surface area contributed by atoms with Gasteiger partial charge in [0.05, 0.1) is 48.2 Å². The lowest BCUT2D eigenvalue weighted by molar-refractivity contribution is 0.0736. The molecule has 4 aromatic rings. The van der Waals surface area contributed by atoms with Gasteiger partial charge in [-0.2, -0.15) is 5.26 Å². The Labute approximate surface area is 190 Å². The number of nitrogens with zero attached hydrogens (tertiary/aromatic N) is 7. The fraction of sp³-hybridized carbons (Fsp3) is 0.217. The molecule has 3 N–H and O–H groups in total. The van der Waals surface area contributed by atoms with E-state index in [2.05, 4.69) is 31.3 Å². The summed E-state index contributed by atoms with van der Waals surface area (Å²) in [6.45, 7) is 3.73. The van der Waals surface area contributed by atoms with Crippen molar-refractivity contribution in [1.82, 2.24) is 29.9 Å². The number of ether oxygens (including phenoxy) is 1. The Kier molecular flexibility index (Phi) is 5.72. The normalized spacial score (nSPS) is 11.2. The van der Waals surface area contributed by atoms with Gasteiger partial charge in [-0.1, -0.05) is 17.3 Å². The fourth-order valence-electron chi connectivity index (χ4n) is 3.35. The third-order valence-corrected chi connectivity index (χ3v) is 4.92. The minimum atomic E-state index is -1.04. The molecular formula is C23H22N8O2. The summed E-state index contributed by atoms with van der Waals surface area (Å²) < 4.78 is 7.06. The molecule has 0 bridgehead atoms. The molecule has 10 nitrogen and oxygen atoms in total. The van der Waals surface area contributed by atoms with E-state index in [1.54, 1.807) is 55.1 Å². The molecule has 4 rings (SSSR count). The zero-order valence-corrected chi connectivity index (χ0v) is 18.4. The van der Waals surface area contributed by atoms with Crippen molar-refractivity contribution in [1.29, 1.82) is 5.26 Å². The number of hydrogen-bond acceptors (Lipinski definition) is 9. The number of nitriles is 1. The zero-order valence-electron chi connectivity index (χ0n) is 18.4. The van der Waals surface area contributed by atoms with Crippen LogP contribution >= 0.6 is 0 Å². The first-order valence-electron chi connectivity index (χ1n) is 10.1. The second kappa shape index (κ2) is 8.64. The Morgan fingerprint density at radius 1 is 1.09 bits per heavy atom. The fourth-order valence-corrected chi connectivity index (χ4v) is 3.35. The van der Waals surface area contributed by atoms with Gasteiger partial charge in [-0.05, 0) is 44.2 Å². The molecule has 0 unspecified atom stereocenters. The predicted octanol–water partition coefficient (Wildman–Crippen LogP) is 2.54. The smallest absolute Gasteiger partial charge is 0.221 e. The molecule has 0 atom stereocenters.